The van der Waals surface area contributed by atoms with Gasteiger partial charge in [0.1, 0.15) is 0 Å². The highest BCUT2D eigenvalue weighted by Gasteiger charge is 2.05. The molecule has 0 aromatic rings. The van der Waals surface area contributed by atoms with Gasteiger partial charge in [-0.05, 0) is 32.3 Å². The summed E-state index contributed by atoms with van der Waals surface area (Å²) in [6, 6.07) is 0.474. The maximum atomic E-state index is 4.37. The molecule has 0 aromatic heterocycles. The number of aliphatic imine (C=N–C) groups is 1. The van der Waals surface area contributed by atoms with Gasteiger partial charge < -0.3 is 0 Å². The maximum Gasteiger partial charge on any atom is 0.0474 e. The van der Waals surface area contributed by atoms with E-state index in [9.17, 15) is 0 Å². The van der Waals surface area contributed by atoms with Crippen molar-refractivity contribution in [2.75, 3.05) is 0 Å². The van der Waals surface area contributed by atoms with Crippen LogP contribution in [0.4, 0.5) is 0 Å². The molecule has 1 atom stereocenters. The fourth-order valence-corrected chi connectivity index (χ4v) is 1.19. The van der Waals surface area contributed by atoms with Gasteiger partial charge in [-0.3, -0.25) is 4.99 Å². The predicted octanol–water partition coefficient (Wildman–Crippen LogP) is 2.74. The second-order valence-corrected chi connectivity index (χ2v) is 3.11. The fourth-order valence-electron chi connectivity index (χ4n) is 1.19. The average Bonchev–Trinajstić information content (AvgIpc) is 2.15. The normalized spacial score (nSPS) is 25.1. The van der Waals surface area contributed by atoms with Gasteiger partial charge in [0.2, 0.25) is 0 Å². The molecule has 0 amide bonds. The molecule has 1 aliphatic rings. The molecule has 1 nitrogen and oxygen atoms in total. The van der Waals surface area contributed by atoms with Crippen molar-refractivity contribution in [1.29, 1.82) is 0 Å². The van der Waals surface area contributed by atoms with Crippen LogP contribution < -0.4 is 0 Å². The molecular formula is C10H15N. The van der Waals surface area contributed by atoms with Gasteiger partial charge in [0, 0.05) is 12.3 Å². The third kappa shape index (κ3) is 2.04. The topological polar surface area (TPSA) is 12.4 Å². The maximum absolute atomic E-state index is 4.37. The van der Waals surface area contributed by atoms with Crippen molar-refractivity contribution >= 4 is 6.21 Å². The minimum atomic E-state index is 0.474. The van der Waals surface area contributed by atoms with E-state index < -0.39 is 0 Å². The Bertz CT molecular complexity index is 211. The SMILES string of the molecule is C=CC1=C(C)CCC(C)N=C1. The minimum Gasteiger partial charge on any atom is -0.290 e. The smallest absolute Gasteiger partial charge is 0.0474 e. The van der Waals surface area contributed by atoms with Crippen LogP contribution in [0.1, 0.15) is 26.7 Å². The summed E-state index contributed by atoms with van der Waals surface area (Å²) < 4.78 is 0. The Morgan fingerprint density at radius 2 is 2.45 bits per heavy atom. The molecule has 1 aliphatic heterocycles. The van der Waals surface area contributed by atoms with Crippen LogP contribution in [0.25, 0.3) is 0 Å². The lowest BCUT2D eigenvalue weighted by Gasteiger charge is -2.01. The fraction of sp³-hybridized carbons (Fsp3) is 0.500. The monoisotopic (exact) mass is 149 g/mol. The Morgan fingerprint density at radius 1 is 1.73 bits per heavy atom. The Morgan fingerprint density at radius 3 is 3.09 bits per heavy atom. The molecule has 0 fully saturated rings. The van der Waals surface area contributed by atoms with E-state index in [1.165, 1.54) is 17.6 Å². The van der Waals surface area contributed by atoms with Crippen LogP contribution in [-0.4, -0.2) is 12.3 Å². The van der Waals surface area contributed by atoms with E-state index in [0.29, 0.717) is 6.04 Å². The van der Waals surface area contributed by atoms with Gasteiger partial charge in [-0.1, -0.05) is 18.2 Å². The zero-order valence-electron chi connectivity index (χ0n) is 7.30. The van der Waals surface area contributed by atoms with Crippen LogP contribution in [0.5, 0.6) is 0 Å². The van der Waals surface area contributed by atoms with Gasteiger partial charge in [0.25, 0.3) is 0 Å². The summed E-state index contributed by atoms with van der Waals surface area (Å²) in [6.45, 7) is 8.05. The number of hydrogen-bond acceptors (Lipinski definition) is 1. The van der Waals surface area contributed by atoms with Crippen LogP contribution in [0.3, 0.4) is 0 Å². The molecule has 0 spiro atoms. The van der Waals surface area contributed by atoms with Gasteiger partial charge in [0.15, 0.2) is 0 Å². The molecule has 0 radical (unpaired) electrons. The van der Waals surface area contributed by atoms with Crippen LogP contribution in [-0.2, 0) is 0 Å². The van der Waals surface area contributed by atoms with E-state index in [2.05, 4.69) is 25.4 Å². The van der Waals surface area contributed by atoms with Gasteiger partial charge >= 0.3 is 0 Å². The number of hydrogen-bond donors (Lipinski definition) is 0. The second-order valence-electron chi connectivity index (χ2n) is 3.11. The highest BCUT2D eigenvalue weighted by Crippen LogP contribution is 2.16. The molecule has 1 unspecified atom stereocenters. The molecule has 60 valence electrons. The molecule has 0 aromatic carbocycles. The lowest BCUT2D eigenvalue weighted by Crippen LogP contribution is -1.94. The van der Waals surface area contributed by atoms with Crippen LogP contribution in [0, 0.1) is 0 Å². The van der Waals surface area contributed by atoms with Crippen LogP contribution in [0.2, 0.25) is 0 Å². The summed E-state index contributed by atoms with van der Waals surface area (Å²) in [7, 11) is 0. The molecule has 0 bridgehead atoms. The summed E-state index contributed by atoms with van der Waals surface area (Å²) in [5, 5.41) is 0. The van der Waals surface area contributed by atoms with Crippen molar-refractivity contribution in [2.45, 2.75) is 32.7 Å². The highest BCUT2D eigenvalue weighted by molar-refractivity contribution is 5.83. The second kappa shape index (κ2) is 3.51. The molecule has 1 heteroatoms. The van der Waals surface area contributed by atoms with Crippen molar-refractivity contribution in [1.82, 2.24) is 0 Å². The lowest BCUT2D eigenvalue weighted by molar-refractivity contribution is 0.673. The summed E-state index contributed by atoms with van der Waals surface area (Å²) in [4.78, 5) is 4.37. The first kappa shape index (κ1) is 8.25. The molecule has 0 saturated heterocycles. The molecular weight excluding hydrogens is 134 g/mol. The Labute approximate surface area is 68.5 Å². The molecule has 11 heavy (non-hydrogen) atoms. The largest absolute Gasteiger partial charge is 0.290 e. The molecule has 1 rings (SSSR count). The quantitative estimate of drug-likeness (QED) is 0.543. The average molecular weight is 149 g/mol. The van der Waals surface area contributed by atoms with E-state index in [-0.39, 0.29) is 0 Å². The van der Waals surface area contributed by atoms with Gasteiger partial charge in [-0.2, -0.15) is 0 Å². The molecule has 0 aliphatic carbocycles. The summed E-state index contributed by atoms with van der Waals surface area (Å²) in [5.41, 5.74) is 2.61. The Hall–Kier alpha value is -0.850. The van der Waals surface area contributed by atoms with Crippen molar-refractivity contribution < 1.29 is 0 Å². The van der Waals surface area contributed by atoms with Crippen molar-refractivity contribution in [3.63, 3.8) is 0 Å². The zero-order valence-corrected chi connectivity index (χ0v) is 7.30. The number of rotatable bonds is 1. The van der Waals surface area contributed by atoms with E-state index in [1.54, 1.807) is 0 Å². The minimum absolute atomic E-state index is 0.474. The van der Waals surface area contributed by atoms with Crippen molar-refractivity contribution in [2.24, 2.45) is 4.99 Å². The first-order valence-electron chi connectivity index (χ1n) is 4.09. The molecule has 0 N–H and O–H groups in total. The van der Waals surface area contributed by atoms with Gasteiger partial charge in [-0.15, -0.1) is 0 Å². The molecule has 1 heterocycles. The van der Waals surface area contributed by atoms with Crippen LogP contribution in [0.15, 0.2) is 28.8 Å². The third-order valence-electron chi connectivity index (χ3n) is 2.12. The Kier molecular flexibility index (Phi) is 2.64. The molecule has 0 saturated carbocycles. The first-order chi connectivity index (χ1) is 5.24. The summed E-state index contributed by atoms with van der Waals surface area (Å²) in [5.74, 6) is 0. The third-order valence-corrected chi connectivity index (χ3v) is 2.12. The first-order valence-corrected chi connectivity index (χ1v) is 4.09. The summed E-state index contributed by atoms with van der Waals surface area (Å²) >= 11 is 0. The lowest BCUT2D eigenvalue weighted by atomic mass is 10.1. The predicted molar refractivity (Wildman–Crippen MR) is 50.1 cm³/mol. The highest BCUT2D eigenvalue weighted by atomic mass is 14.8. The van der Waals surface area contributed by atoms with E-state index in [1.807, 2.05) is 12.3 Å². The zero-order chi connectivity index (χ0) is 8.27. The van der Waals surface area contributed by atoms with E-state index in [4.69, 9.17) is 0 Å². The van der Waals surface area contributed by atoms with E-state index >= 15 is 0 Å². The van der Waals surface area contributed by atoms with E-state index in [0.717, 1.165) is 6.42 Å². The van der Waals surface area contributed by atoms with Gasteiger partial charge in [-0.25, -0.2) is 0 Å². The van der Waals surface area contributed by atoms with Crippen molar-refractivity contribution in [3.05, 3.63) is 23.8 Å². The number of allylic oxidation sites excluding steroid dienone is 3. The Balaban J connectivity index is 2.83. The standard InChI is InChI=1S/C10H15N/c1-4-10-7-11-9(3)6-5-8(10)2/h4,7,9H,1,5-6H2,2-3H3. The van der Waals surface area contributed by atoms with Crippen molar-refractivity contribution in [3.8, 4) is 0 Å². The van der Waals surface area contributed by atoms with Gasteiger partial charge in [0.05, 0.1) is 0 Å². The van der Waals surface area contributed by atoms with Crippen LogP contribution >= 0.6 is 0 Å². The number of nitrogens with zero attached hydrogens (tertiary/aromatic N) is 1. The summed E-state index contributed by atoms with van der Waals surface area (Å²) in [6.07, 6.45) is 6.15.